The molecule has 0 aromatic heterocycles. The molecule has 0 aliphatic heterocycles. The van der Waals surface area contributed by atoms with Gasteiger partial charge >= 0.3 is 11.9 Å². The molecule has 0 aromatic rings. The van der Waals surface area contributed by atoms with E-state index in [0.29, 0.717) is 6.42 Å². The van der Waals surface area contributed by atoms with Crippen molar-refractivity contribution in [3.63, 3.8) is 0 Å². The van der Waals surface area contributed by atoms with Crippen LogP contribution in [-0.2, 0) is 19.1 Å². The Labute approximate surface area is 168 Å². The fourth-order valence-electron chi connectivity index (χ4n) is 2.73. The molecule has 2 N–H and O–H groups in total. The lowest BCUT2D eigenvalue weighted by atomic mass is 9.72. The van der Waals surface area contributed by atoms with E-state index < -0.39 is 22.8 Å². The highest BCUT2D eigenvalue weighted by Gasteiger charge is 2.42. The van der Waals surface area contributed by atoms with Crippen LogP contribution in [0.25, 0.3) is 0 Å². The predicted molar refractivity (Wildman–Crippen MR) is 98.2 cm³/mol. The molecular formula is C15H29N6O8-. The van der Waals surface area contributed by atoms with Crippen molar-refractivity contribution in [3.8, 4) is 0 Å². The number of hydrogen-bond donors (Lipinski definition) is 2. The van der Waals surface area contributed by atoms with Crippen molar-refractivity contribution in [2.24, 2.45) is 21.4 Å². The number of ether oxygens (including phenoxy) is 2. The molecule has 0 aromatic carbocycles. The van der Waals surface area contributed by atoms with E-state index in [-0.39, 0.29) is 42.9 Å². The first-order chi connectivity index (χ1) is 13.5. The van der Waals surface area contributed by atoms with Gasteiger partial charge < -0.3 is 19.9 Å². The highest BCUT2D eigenvalue weighted by atomic mass is 16.6. The summed E-state index contributed by atoms with van der Waals surface area (Å²) in [6, 6.07) is 0. The van der Waals surface area contributed by atoms with E-state index in [4.69, 9.17) is 14.7 Å². The highest BCUT2D eigenvalue weighted by molar-refractivity contribution is 5.80. The van der Waals surface area contributed by atoms with E-state index in [2.05, 4.69) is 16.0 Å². The average Bonchev–Trinajstić information content (AvgIpc) is 2.70. The fraction of sp³-hybridized carbons (Fsp3) is 0.867. The van der Waals surface area contributed by atoms with Gasteiger partial charge in [-0.25, -0.2) is 0 Å². The minimum absolute atomic E-state index is 0.0998. The second-order valence-electron chi connectivity index (χ2n) is 7.17. The van der Waals surface area contributed by atoms with E-state index >= 15 is 0 Å². The third kappa shape index (κ3) is 8.43. The van der Waals surface area contributed by atoms with Gasteiger partial charge in [0.15, 0.2) is 0 Å². The van der Waals surface area contributed by atoms with Crippen LogP contribution in [0.1, 0.15) is 40.5 Å². The Hall–Kier alpha value is -2.74. The zero-order valence-electron chi connectivity index (χ0n) is 17.3. The van der Waals surface area contributed by atoms with Crippen LogP contribution in [0, 0.1) is 26.2 Å². The molecule has 0 radical (unpaired) electrons. The maximum atomic E-state index is 12.6. The highest BCUT2D eigenvalue weighted by Crippen LogP contribution is 2.38. The van der Waals surface area contributed by atoms with Gasteiger partial charge in [-0.3, -0.25) is 14.8 Å². The summed E-state index contributed by atoms with van der Waals surface area (Å²) in [5.74, 6) is -1.02. The third-order valence-corrected chi connectivity index (χ3v) is 4.44. The Morgan fingerprint density at radius 3 is 2.34 bits per heavy atom. The van der Waals surface area contributed by atoms with E-state index in [0.717, 1.165) is 5.01 Å². The Balaban J connectivity index is 4.86. The van der Waals surface area contributed by atoms with Crippen LogP contribution in [0.15, 0.2) is 10.6 Å². The molecule has 0 heterocycles. The van der Waals surface area contributed by atoms with Crippen molar-refractivity contribution in [1.29, 1.82) is 0 Å². The van der Waals surface area contributed by atoms with Crippen molar-refractivity contribution < 1.29 is 29.2 Å². The van der Waals surface area contributed by atoms with Crippen LogP contribution in [0.4, 0.5) is 0 Å². The Morgan fingerprint density at radius 2 is 1.86 bits per heavy atom. The quantitative estimate of drug-likeness (QED) is 0.135. The molecule has 1 atom stereocenters. The van der Waals surface area contributed by atoms with Gasteiger partial charge in [-0.1, -0.05) is 12.2 Å². The number of nitrogens with one attached hydrogen (secondary N) is 1. The Bertz CT molecular complexity index is 587. The number of rotatable bonds is 14. The second kappa shape index (κ2) is 12.0. The topological polar surface area (TPSA) is 182 Å². The monoisotopic (exact) mass is 421 g/mol. The largest absolute Gasteiger partial charge is 0.737 e. The molecular weight excluding hydrogens is 392 g/mol. The van der Waals surface area contributed by atoms with Gasteiger partial charge in [0, 0.05) is 11.5 Å². The van der Waals surface area contributed by atoms with Crippen LogP contribution in [0.5, 0.6) is 0 Å². The van der Waals surface area contributed by atoms with E-state index in [1.54, 1.807) is 27.7 Å². The lowest BCUT2D eigenvalue weighted by Gasteiger charge is -2.33. The molecule has 0 bridgehead atoms. The second-order valence-corrected chi connectivity index (χ2v) is 7.17. The smallest absolute Gasteiger partial charge is 0.311 e. The van der Waals surface area contributed by atoms with Gasteiger partial charge in [0.25, 0.3) is 0 Å². The molecule has 0 aliphatic carbocycles. The van der Waals surface area contributed by atoms with Gasteiger partial charge in [0.05, 0.1) is 29.8 Å². The summed E-state index contributed by atoms with van der Waals surface area (Å²) in [6.07, 6.45) is 0.582. The van der Waals surface area contributed by atoms with Gasteiger partial charge in [0.2, 0.25) is 0 Å². The predicted octanol–water partition coefficient (Wildman–Crippen LogP) is 1.09. The minimum atomic E-state index is -0.975. The van der Waals surface area contributed by atoms with E-state index in [1.807, 2.05) is 0 Å². The Kier molecular flexibility index (Phi) is 10.8. The first kappa shape index (κ1) is 26.3. The van der Waals surface area contributed by atoms with Gasteiger partial charge in [-0.2, -0.15) is 5.43 Å². The number of hydrazine groups is 2. The summed E-state index contributed by atoms with van der Waals surface area (Å²) in [5.41, 5.74) is 0.238. The summed E-state index contributed by atoms with van der Waals surface area (Å²) in [4.78, 5) is 34.3. The number of esters is 2. The number of methoxy groups -OCH3 is 1. The number of nitrogens with zero attached hydrogens (tertiary/aromatic N) is 5. The van der Waals surface area contributed by atoms with Crippen LogP contribution >= 0.6 is 0 Å². The molecule has 1 unspecified atom stereocenters. The molecule has 0 aliphatic rings. The first-order valence-corrected chi connectivity index (χ1v) is 8.84. The minimum Gasteiger partial charge on any atom is -0.737 e. The molecule has 14 nitrogen and oxygen atoms in total. The van der Waals surface area contributed by atoms with Crippen LogP contribution < -0.4 is 5.43 Å². The first-order valence-electron chi connectivity index (χ1n) is 8.84. The molecule has 0 saturated carbocycles. The number of carbonyl (C=O) groups excluding carboxylic acids is 2. The maximum Gasteiger partial charge on any atom is 0.311 e. The average molecular weight is 421 g/mol. The summed E-state index contributed by atoms with van der Waals surface area (Å²) < 4.78 is 10.0. The lowest BCUT2D eigenvalue weighted by molar-refractivity contribution is -0.690. The van der Waals surface area contributed by atoms with Crippen molar-refractivity contribution in [3.05, 3.63) is 15.3 Å². The third-order valence-electron chi connectivity index (χ3n) is 4.44. The molecule has 29 heavy (non-hydrogen) atoms. The maximum absolute atomic E-state index is 12.6. The number of nitroso groups, excluding NO2 is 1. The zero-order valence-corrected chi connectivity index (χ0v) is 17.3. The molecule has 0 amide bonds. The van der Waals surface area contributed by atoms with E-state index in [1.165, 1.54) is 7.11 Å². The normalized spacial score (nSPS) is 13.9. The van der Waals surface area contributed by atoms with E-state index in [9.17, 15) is 24.9 Å². The van der Waals surface area contributed by atoms with Crippen LogP contribution in [0.3, 0.4) is 0 Å². The Morgan fingerprint density at radius 1 is 1.24 bits per heavy atom. The van der Waals surface area contributed by atoms with Crippen molar-refractivity contribution in [2.75, 3.05) is 33.4 Å². The summed E-state index contributed by atoms with van der Waals surface area (Å²) in [6.45, 7) is 6.07. The molecule has 0 fully saturated rings. The summed E-state index contributed by atoms with van der Waals surface area (Å²) >= 11 is 0. The summed E-state index contributed by atoms with van der Waals surface area (Å²) in [7, 11) is 1.27. The molecule has 168 valence electrons. The van der Waals surface area contributed by atoms with Crippen molar-refractivity contribution in [2.45, 2.75) is 40.5 Å². The summed E-state index contributed by atoms with van der Waals surface area (Å²) in [5, 5.41) is 35.9. The standard InChI is InChI=1S/C15H30N6O8/c1-6-15(4,11-14(2,3)12(22)28-5)13(23)29-10-9-19(21(27)18-25)8-7-16-20(26)17-24/h16,25-26H,6-11H2,1-5H3/p-1/b21-18-. The van der Waals surface area contributed by atoms with Gasteiger partial charge in [-0.05, 0) is 38.9 Å². The zero-order chi connectivity index (χ0) is 22.7. The lowest BCUT2D eigenvalue weighted by Crippen LogP contribution is -2.43. The number of hydrogen-bond acceptors (Lipinski definition) is 11. The van der Waals surface area contributed by atoms with Crippen molar-refractivity contribution in [1.82, 2.24) is 15.7 Å². The van der Waals surface area contributed by atoms with Crippen LogP contribution in [0.2, 0.25) is 0 Å². The van der Waals surface area contributed by atoms with Crippen molar-refractivity contribution >= 4 is 11.9 Å². The molecule has 14 heteroatoms. The van der Waals surface area contributed by atoms with Gasteiger partial charge in [0.1, 0.15) is 13.2 Å². The fourth-order valence-corrected chi connectivity index (χ4v) is 2.73. The van der Waals surface area contributed by atoms with Crippen LogP contribution in [-0.4, -0.2) is 65.8 Å². The SMILES string of the molecule is CCC(C)(CC(C)(C)C(=O)OC)C(=O)OCCN(CCNN(O)N=O)/[N+]([O-])=N/[O-]. The number of carbonyl (C=O) groups is 2. The molecule has 0 spiro atoms. The molecule has 0 rings (SSSR count). The van der Waals surface area contributed by atoms with Gasteiger partial charge in [-0.15, -0.1) is 9.92 Å². The molecule has 0 saturated heterocycles.